The normalized spacial score (nSPS) is 28.6. The molecule has 0 aliphatic carbocycles. The second kappa shape index (κ2) is 4.80. The molecule has 0 radical (unpaired) electrons. The van der Waals surface area contributed by atoms with Crippen molar-refractivity contribution >= 4 is 5.78 Å². The molecule has 0 amide bonds. The summed E-state index contributed by atoms with van der Waals surface area (Å²) in [5.41, 5.74) is 0. The third kappa shape index (κ3) is 2.32. The monoisotopic (exact) mass is 248 g/mol. The predicted octanol–water partition coefficient (Wildman–Crippen LogP) is 0.944. The molecular weight excluding hydrogens is 228 g/mol. The molecule has 0 saturated carbocycles. The van der Waals surface area contributed by atoms with E-state index in [4.69, 9.17) is 0 Å². The Bertz CT molecular complexity index is 426. The molecule has 2 fully saturated rings. The fourth-order valence-corrected chi connectivity index (χ4v) is 3.36. The third-order valence-corrected chi connectivity index (χ3v) is 4.18. The summed E-state index contributed by atoms with van der Waals surface area (Å²) < 4.78 is 1.75. The van der Waals surface area contributed by atoms with Crippen LogP contribution in [0.25, 0.3) is 0 Å². The van der Waals surface area contributed by atoms with Gasteiger partial charge in [0.25, 0.3) is 0 Å². The number of nitrogens with zero attached hydrogens (tertiary/aromatic N) is 4. The molecule has 2 atom stereocenters. The van der Waals surface area contributed by atoms with Gasteiger partial charge >= 0.3 is 0 Å². The molecule has 5 heteroatoms. The minimum atomic E-state index is 0.455. The number of hydrogen-bond acceptors (Lipinski definition) is 4. The van der Waals surface area contributed by atoms with E-state index in [9.17, 15) is 4.79 Å². The van der Waals surface area contributed by atoms with Crippen LogP contribution >= 0.6 is 0 Å². The number of aryl methyl sites for hydroxylation is 1. The minimum absolute atomic E-state index is 0.455. The van der Waals surface area contributed by atoms with E-state index in [2.05, 4.69) is 15.0 Å². The number of Topliss-reactive ketones (excluding diaryl/α,β-unsaturated/α-hetero) is 1. The minimum Gasteiger partial charge on any atom is -0.300 e. The zero-order chi connectivity index (χ0) is 12.5. The Morgan fingerprint density at radius 2 is 2.06 bits per heavy atom. The van der Waals surface area contributed by atoms with Gasteiger partial charge in [-0.15, -0.1) is 0 Å². The molecule has 2 aliphatic rings. The first-order valence-corrected chi connectivity index (χ1v) is 6.84. The second-order valence-corrected chi connectivity index (χ2v) is 5.51. The first-order valence-electron chi connectivity index (χ1n) is 6.84. The Hall–Kier alpha value is -1.23. The molecule has 1 aromatic rings. The van der Waals surface area contributed by atoms with E-state index in [1.165, 1.54) is 19.3 Å². The Morgan fingerprint density at radius 3 is 2.67 bits per heavy atom. The number of fused-ring (bicyclic) bond motifs is 2. The number of aromatic nitrogens is 3. The van der Waals surface area contributed by atoms with Crippen LogP contribution in [0, 0.1) is 0 Å². The van der Waals surface area contributed by atoms with Gasteiger partial charge in [-0.1, -0.05) is 6.42 Å². The SMILES string of the molecule is Cn1cnc(CCN2C3CCCC2CC(=O)C3)n1. The highest BCUT2D eigenvalue weighted by molar-refractivity contribution is 5.80. The standard InChI is InChI=1S/C13H20N4O/c1-16-9-14-13(15-16)5-6-17-10-3-2-4-11(17)8-12(18)7-10/h9-11H,2-8H2,1H3. The van der Waals surface area contributed by atoms with Gasteiger partial charge in [0.2, 0.25) is 0 Å². The average Bonchev–Trinajstić information content (AvgIpc) is 2.72. The van der Waals surface area contributed by atoms with Crippen LogP contribution in [0.5, 0.6) is 0 Å². The molecule has 0 N–H and O–H groups in total. The second-order valence-electron chi connectivity index (χ2n) is 5.51. The maximum Gasteiger partial charge on any atom is 0.151 e. The summed E-state index contributed by atoms with van der Waals surface area (Å²) in [5, 5.41) is 4.32. The van der Waals surface area contributed by atoms with Crippen molar-refractivity contribution in [3.8, 4) is 0 Å². The maximum atomic E-state index is 11.6. The molecule has 2 unspecified atom stereocenters. The number of hydrogen-bond donors (Lipinski definition) is 0. The summed E-state index contributed by atoms with van der Waals surface area (Å²) >= 11 is 0. The molecular formula is C13H20N4O. The molecule has 3 rings (SSSR count). The van der Waals surface area contributed by atoms with Gasteiger partial charge in [-0.3, -0.25) is 14.4 Å². The van der Waals surface area contributed by atoms with Crippen LogP contribution in [0.4, 0.5) is 0 Å². The van der Waals surface area contributed by atoms with E-state index in [1.807, 2.05) is 7.05 Å². The molecule has 98 valence electrons. The van der Waals surface area contributed by atoms with Crippen molar-refractivity contribution in [1.82, 2.24) is 19.7 Å². The van der Waals surface area contributed by atoms with Crippen LogP contribution in [-0.2, 0) is 18.3 Å². The van der Waals surface area contributed by atoms with Gasteiger partial charge in [0.1, 0.15) is 12.1 Å². The zero-order valence-corrected chi connectivity index (χ0v) is 10.9. The number of ketones is 1. The van der Waals surface area contributed by atoms with E-state index in [0.717, 1.165) is 31.6 Å². The van der Waals surface area contributed by atoms with Crippen LogP contribution < -0.4 is 0 Å². The fraction of sp³-hybridized carbons (Fsp3) is 0.769. The highest BCUT2D eigenvalue weighted by Gasteiger charge is 2.37. The van der Waals surface area contributed by atoms with E-state index in [-0.39, 0.29) is 0 Å². The summed E-state index contributed by atoms with van der Waals surface area (Å²) in [6, 6.07) is 0.961. The lowest BCUT2D eigenvalue weighted by molar-refractivity contribution is -0.127. The summed E-state index contributed by atoms with van der Waals surface area (Å²) in [6.07, 6.45) is 7.78. The van der Waals surface area contributed by atoms with Crippen molar-refractivity contribution in [3.05, 3.63) is 12.2 Å². The van der Waals surface area contributed by atoms with Crippen molar-refractivity contribution in [2.45, 2.75) is 50.6 Å². The fourth-order valence-electron chi connectivity index (χ4n) is 3.36. The molecule has 0 spiro atoms. The average molecular weight is 248 g/mol. The van der Waals surface area contributed by atoms with Crippen molar-refractivity contribution < 1.29 is 4.79 Å². The summed E-state index contributed by atoms with van der Waals surface area (Å²) in [7, 11) is 1.89. The molecule has 2 bridgehead atoms. The summed E-state index contributed by atoms with van der Waals surface area (Å²) in [6.45, 7) is 0.993. The lowest BCUT2D eigenvalue weighted by Gasteiger charge is -2.45. The van der Waals surface area contributed by atoms with Crippen LogP contribution in [0.1, 0.15) is 37.9 Å². The number of piperidine rings is 2. The van der Waals surface area contributed by atoms with Crippen LogP contribution in [0.2, 0.25) is 0 Å². The third-order valence-electron chi connectivity index (χ3n) is 4.18. The molecule has 2 aliphatic heterocycles. The van der Waals surface area contributed by atoms with Crippen LogP contribution in [0.3, 0.4) is 0 Å². The lowest BCUT2D eigenvalue weighted by atomic mass is 9.83. The zero-order valence-electron chi connectivity index (χ0n) is 10.9. The Labute approximate surface area is 107 Å². The van der Waals surface area contributed by atoms with E-state index < -0.39 is 0 Å². The molecule has 18 heavy (non-hydrogen) atoms. The van der Waals surface area contributed by atoms with Gasteiger partial charge in [-0.2, -0.15) is 5.10 Å². The van der Waals surface area contributed by atoms with Gasteiger partial charge in [0.05, 0.1) is 0 Å². The lowest BCUT2D eigenvalue weighted by Crippen LogP contribution is -2.52. The highest BCUT2D eigenvalue weighted by atomic mass is 16.1. The van der Waals surface area contributed by atoms with Gasteiger partial charge in [-0.05, 0) is 12.8 Å². The van der Waals surface area contributed by atoms with E-state index >= 15 is 0 Å². The maximum absolute atomic E-state index is 11.6. The Balaban J connectivity index is 1.63. The van der Waals surface area contributed by atoms with Crippen LogP contribution in [0.15, 0.2) is 6.33 Å². The summed E-state index contributed by atoms with van der Waals surface area (Å²) in [5.74, 6) is 1.37. The molecule has 3 heterocycles. The molecule has 2 saturated heterocycles. The predicted molar refractivity (Wildman–Crippen MR) is 67.1 cm³/mol. The van der Waals surface area contributed by atoms with Gasteiger partial charge in [-0.25, -0.2) is 4.98 Å². The van der Waals surface area contributed by atoms with Crippen molar-refractivity contribution in [3.63, 3.8) is 0 Å². The number of carbonyl (C=O) groups is 1. The van der Waals surface area contributed by atoms with E-state index in [1.54, 1.807) is 11.0 Å². The Kier molecular flexibility index (Phi) is 3.16. The number of carbonyl (C=O) groups excluding carboxylic acids is 1. The largest absolute Gasteiger partial charge is 0.300 e. The number of rotatable bonds is 3. The molecule has 1 aromatic heterocycles. The molecule has 0 aromatic carbocycles. The van der Waals surface area contributed by atoms with E-state index in [0.29, 0.717) is 17.9 Å². The summed E-state index contributed by atoms with van der Waals surface area (Å²) in [4.78, 5) is 18.4. The molecule has 5 nitrogen and oxygen atoms in total. The van der Waals surface area contributed by atoms with Crippen molar-refractivity contribution in [2.24, 2.45) is 7.05 Å². The van der Waals surface area contributed by atoms with Crippen molar-refractivity contribution in [1.29, 1.82) is 0 Å². The van der Waals surface area contributed by atoms with Crippen molar-refractivity contribution in [2.75, 3.05) is 6.54 Å². The quantitative estimate of drug-likeness (QED) is 0.799. The van der Waals surface area contributed by atoms with Gasteiger partial charge < -0.3 is 0 Å². The van der Waals surface area contributed by atoms with Gasteiger partial charge in [0, 0.05) is 44.9 Å². The first-order chi connectivity index (χ1) is 8.72. The van der Waals surface area contributed by atoms with Gasteiger partial charge in [0.15, 0.2) is 5.82 Å². The highest BCUT2D eigenvalue weighted by Crippen LogP contribution is 2.32. The Morgan fingerprint density at radius 1 is 1.33 bits per heavy atom. The first kappa shape index (κ1) is 11.8. The van der Waals surface area contributed by atoms with Crippen LogP contribution in [-0.4, -0.2) is 44.1 Å². The smallest absolute Gasteiger partial charge is 0.151 e. The topological polar surface area (TPSA) is 51.0 Å².